The second-order valence-electron chi connectivity index (χ2n) is 6.02. The summed E-state index contributed by atoms with van der Waals surface area (Å²) >= 11 is 0. The fourth-order valence-corrected chi connectivity index (χ4v) is 2.51. The molecule has 0 fully saturated rings. The summed E-state index contributed by atoms with van der Waals surface area (Å²) in [5.74, 6) is -0.917. The molecule has 0 aliphatic rings. The molecule has 13 heteroatoms. The molecule has 0 unspecified atom stereocenters. The number of aliphatic carboxylic acids is 1. The number of nitrogens with two attached hydrogens (primary N) is 1. The Morgan fingerprint density at radius 1 is 1.37 bits per heavy atom. The van der Waals surface area contributed by atoms with Crippen molar-refractivity contribution >= 4 is 23.9 Å². The third-order valence-electron chi connectivity index (χ3n) is 3.84. The Morgan fingerprint density at radius 3 is 2.77 bits per heavy atom. The van der Waals surface area contributed by atoms with E-state index in [-0.39, 0.29) is 17.3 Å². The summed E-state index contributed by atoms with van der Waals surface area (Å²) in [6.07, 6.45) is 2.69. The van der Waals surface area contributed by atoms with E-state index in [0.717, 1.165) is 6.42 Å². The van der Waals surface area contributed by atoms with E-state index >= 15 is 0 Å². The van der Waals surface area contributed by atoms with Crippen LogP contribution in [0.1, 0.15) is 35.1 Å². The molecule has 2 aromatic heterocycles. The van der Waals surface area contributed by atoms with Gasteiger partial charge in [0.05, 0.1) is 6.21 Å². The largest absolute Gasteiger partial charge is 0.482 e. The third-order valence-corrected chi connectivity index (χ3v) is 3.84. The van der Waals surface area contributed by atoms with Crippen LogP contribution in [-0.2, 0) is 11.2 Å². The maximum absolute atomic E-state index is 12.5. The van der Waals surface area contributed by atoms with Gasteiger partial charge in [-0.2, -0.15) is 9.73 Å². The number of carbonyl (C=O) groups excluding carboxylic acids is 1. The Bertz CT molecular complexity index is 1060. The number of aromatic nitrogens is 5. The van der Waals surface area contributed by atoms with Crippen LogP contribution in [0.3, 0.4) is 0 Å². The van der Waals surface area contributed by atoms with Crippen LogP contribution in [0.15, 0.2) is 34.0 Å². The number of benzene rings is 1. The molecule has 1 amide bonds. The molecule has 0 aliphatic carbocycles. The second-order valence-corrected chi connectivity index (χ2v) is 6.02. The number of nitrogens with zero attached hydrogens (tertiary/aromatic N) is 5. The van der Waals surface area contributed by atoms with E-state index in [1.807, 2.05) is 6.92 Å². The monoisotopic (exact) mass is 415 g/mol. The fourth-order valence-electron chi connectivity index (χ4n) is 2.51. The van der Waals surface area contributed by atoms with Gasteiger partial charge in [0.2, 0.25) is 0 Å². The summed E-state index contributed by atoms with van der Waals surface area (Å²) in [5.41, 5.74) is 9.48. The molecule has 0 aliphatic heterocycles. The Labute approximate surface area is 169 Å². The molecule has 0 saturated heterocycles. The molecule has 5 N–H and O–H groups in total. The van der Waals surface area contributed by atoms with Gasteiger partial charge in [0.1, 0.15) is 10.9 Å². The van der Waals surface area contributed by atoms with E-state index in [1.54, 1.807) is 24.3 Å². The lowest BCUT2D eigenvalue weighted by Gasteiger charge is -2.02. The number of anilines is 1. The van der Waals surface area contributed by atoms with E-state index in [1.165, 1.54) is 10.9 Å². The molecule has 3 rings (SSSR count). The number of nitrogen functional groups attached to an aromatic ring is 1. The molecule has 2 heterocycles. The number of hydrogen-bond acceptors (Lipinski definition) is 9. The zero-order valence-electron chi connectivity index (χ0n) is 15.9. The first-order valence-corrected chi connectivity index (χ1v) is 8.85. The molecular formula is C17H19N8O5+. The van der Waals surface area contributed by atoms with E-state index in [2.05, 4.69) is 35.8 Å². The normalized spacial score (nSPS) is 11.0. The quantitative estimate of drug-likeness (QED) is 0.209. The van der Waals surface area contributed by atoms with Crippen molar-refractivity contribution in [1.29, 1.82) is 0 Å². The standard InChI is InChI=1S/C17H18N8O5/c1-2-3-12-14(20-24-25(12)16-15(18)22-30-23-16)17(28)21-19-8-10-4-6-11(7-5-10)29-9-13(26)27/h4-8H,2-3,9H2,1H3,(H4,18,21,22,26,27,28)/p+1. The van der Waals surface area contributed by atoms with Gasteiger partial charge in [-0.05, 0) is 46.5 Å². The predicted octanol–water partition coefficient (Wildman–Crippen LogP) is -0.169. The maximum Gasteiger partial charge on any atom is 0.376 e. The third kappa shape index (κ3) is 4.76. The summed E-state index contributed by atoms with van der Waals surface area (Å²) in [7, 11) is 0. The maximum atomic E-state index is 12.5. The number of rotatable bonds is 9. The number of nitrogens with one attached hydrogen (secondary N) is 2. The van der Waals surface area contributed by atoms with Crippen LogP contribution in [-0.4, -0.2) is 50.4 Å². The number of amides is 1. The number of carbonyl (C=O) groups is 2. The van der Waals surface area contributed by atoms with E-state index in [9.17, 15) is 9.59 Å². The minimum Gasteiger partial charge on any atom is -0.482 e. The van der Waals surface area contributed by atoms with Crippen LogP contribution in [0, 0.1) is 0 Å². The van der Waals surface area contributed by atoms with Gasteiger partial charge in [0.15, 0.2) is 12.3 Å². The van der Waals surface area contributed by atoms with Crippen molar-refractivity contribution in [2.75, 3.05) is 12.3 Å². The fraction of sp³-hybridized carbons (Fsp3) is 0.235. The molecule has 13 nitrogen and oxygen atoms in total. The van der Waals surface area contributed by atoms with Crippen LogP contribution in [0.4, 0.5) is 5.82 Å². The SMILES string of the molecule is CCCc1c(C(=O)NN=Cc2ccc(OCC(=O)O)cc2)n[nH][n+]1-c1nonc1N. The lowest BCUT2D eigenvalue weighted by Crippen LogP contribution is -2.39. The molecule has 0 bridgehead atoms. The topological polar surface area (TPSA) is 185 Å². The lowest BCUT2D eigenvalue weighted by molar-refractivity contribution is -0.670. The molecule has 0 radical (unpaired) electrons. The average Bonchev–Trinajstić information content (AvgIpc) is 3.33. The molecule has 0 spiro atoms. The van der Waals surface area contributed by atoms with E-state index in [4.69, 9.17) is 15.6 Å². The van der Waals surface area contributed by atoms with Gasteiger partial charge < -0.3 is 15.6 Å². The number of ether oxygens (including phenoxy) is 1. The Balaban J connectivity index is 1.68. The molecule has 0 saturated carbocycles. The van der Waals surface area contributed by atoms with Crippen molar-refractivity contribution in [3.8, 4) is 11.6 Å². The van der Waals surface area contributed by atoms with Gasteiger partial charge >= 0.3 is 17.7 Å². The minimum absolute atomic E-state index is 0.0572. The van der Waals surface area contributed by atoms with Crippen molar-refractivity contribution in [2.45, 2.75) is 19.8 Å². The van der Waals surface area contributed by atoms with Crippen molar-refractivity contribution in [3.63, 3.8) is 0 Å². The Kier molecular flexibility index (Phi) is 6.32. The first kappa shape index (κ1) is 20.4. The predicted molar refractivity (Wildman–Crippen MR) is 101 cm³/mol. The molecule has 3 aromatic rings. The van der Waals surface area contributed by atoms with Crippen molar-refractivity contribution in [3.05, 3.63) is 41.2 Å². The summed E-state index contributed by atoms with van der Waals surface area (Å²) in [5, 5.41) is 26.4. The van der Waals surface area contributed by atoms with Gasteiger partial charge in [-0.15, -0.1) is 9.90 Å². The minimum atomic E-state index is -1.06. The summed E-state index contributed by atoms with van der Waals surface area (Å²) in [6.45, 7) is 1.52. The van der Waals surface area contributed by atoms with Gasteiger partial charge in [-0.1, -0.05) is 6.92 Å². The first-order chi connectivity index (χ1) is 14.5. The molecule has 1 aromatic carbocycles. The Hall–Kier alpha value is -4.29. The van der Waals surface area contributed by atoms with Gasteiger partial charge in [-0.3, -0.25) is 4.79 Å². The smallest absolute Gasteiger partial charge is 0.376 e. The highest BCUT2D eigenvalue weighted by Gasteiger charge is 2.29. The number of carboxylic acids is 1. The average molecular weight is 415 g/mol. The molecule has 0 atom stereocenters. The van der Waals surface area contributed by atoms with E-state index < -0.39 is 18.5 Å². The van der Waals surface area contributed by atoms with Crippen LogP contribution in [0.5, 0.6) is 5.75 Å². The molecular weight excluding hydrogens is 396 g/mol. The highest BCUT2D eigenvalue weighted by molar-refractivity contribution is 5.93. The summed E-state index contributed by atoms with van der Waals surface area (Å²) in [6, 6.07) is 6.52. The molecule has 30 heavy (non-hydrogen) atoms. The number of hydrazone groups is 1. The van der Waals surface area contributed by atoms with Crippen LogP contribution in [0.2, 0.25) is 0 Å². The van der Waals surface area contributed by atoms with Gasteiger partial charge in [0.25, 0.3) is 11.5 Å². The van der Waals surface area contributed by atoms with Gasteiger partial charge in [0, 0.05) is 6.42 Å². The van der Waals surface area contributed by atoms with Crippen molar-refractivity contribution in [2.24, 2.45) is 5.10 Å². The summed E-state index contributed by atoms with van der Waals surface area (Å²) < 4.78 is 11.1. The second kappa shape index (κ2) is 9.27. The van der Waals surface area contributed by atoms with Crippen LogP contribution < -0.4 is 20.6 Å². The first-order valence-electron chi connectivity index (χ1n) is 8.85. The highest BCUT2D eigenvalue weighted by Crippen LogP contribution is 2.11. The molecule has 156 valence electrons. The van der Waals surface area contributed by atoms with Crippen LogP contribution in [0.25, 0.3) is 5.82 Å². The zero-order chi connectivity index (χ0) is 21.5. The highest BCUT2D eigenvalue weighted by atomic mass is 16.6. The van der Waals surface area contributed by atoms with Crippen molar-refractivity contribution in [1.82, 2.24) is 26.1 Å². The van der Waals surface area contributed by atoms with Crippen LogP contribution >= 0.6 is 0 Å². The summed E-state index contributed by atoms with van der Waals surface area (Å²) in [4.78, 5) is 23.0. The number of H-pyrrole nitrogens is 1. The van der Waals surface area contributed by atoms with Crippen molar-refractivity contribution < 1.29 is 28.7 Å². The zero-order valence-corrected chi connectivity index (χ0v) is 15.9. The number of aromatic amines is 1. The number of carboxylic acid groups (broad SMARTS) is 1. The Morgan fingerprint density at radius 2 is 2.13 bits per heavy atom. The van der Waals surface area contributed by atoms with Gasteiger partial charge in [-0.25, -0.2) is 10.2 Å². The number of hydrogen-bond donors (Lipinski definition) is 4. The van der Waals surface area contributed by atoms with E-state index in [0.29, 0.717) is 23.4 Å². The lowest BCUT2D eigenvalue weighted by atomic mass is 10.2.